The average Bonchev–Trinajstić information content (AvgIpc) is 2.49. The summed E-state index contributed by atoms with van der Waals surface area (Å²) in [6.45, 7) is 0. The molecule has 0 aliphatic rings. The van der Waals surface area contributed by atoms with Gasteiger partial charge in [-0.05, 0) is 29.0 Å². The minimum Gasteiger partial charge on any atom is -0.395 e. The van der Waals surface area contributed by atoms with Crippen molar-refractivity contribution < 1.29 is 0 Å². The van der Waals surface area contributed by atoms with Crippen LogP contribution in [0.4, 0.5) is 5.69 Å². The van der Waals surface area contributed by atoms with Crippen LogP contribution in [0.15, 0.2) is 64.6 Å². The standard InChI is InChI=1S/C16H11N3S/c17-10-13-7-8-19-16(15(13)18)20-14-6-5-11-3-1-2-4-12(11)9-14/h1-9H,18H2. The van der Waals surface area contributed by atoms with Gasteiger partial charge < -0.3 is 5.73 Å². The van der Waals surface area contributed by atoms with Gasteiger partial charge in [-0.1, -0.05) is 42.1 Å². The predicted molar refractivity (Wildman–Crippen MR) is 81.4 cm³/mol. The van der Waals surface area contributed by atoms with Gasteiger partial charge >= 0.3 is 0 Å². The molecule has 0 bridgehead atoms. The number of pyridine rings is 1. The molecule has 0 atom stereocenters. The summed E-state index contributed by atoms with van der Waals surface area (Å²) in [5.74, 6) is 0. The highest BCUT2D eigenvalue weighted by molar-refractivity contribution is 7.99. The van der Waals surface area contributed by atoms with E-state index >= 15 is 0 Å². The summed E-state index contributed by atoms with van der Waals surface area (Å²) in [6.07, 6.45) is 1.61. The molecule has 3 nitrogen and oxygen atoms in total. The Morgan fingerprint density at radius 2 is 1.85 bits per heavy atom. The van der Waals surface area contributed by atoms with Crippen molar-refractivity contribution in [3.8, 4) is 6.07 Å². The van der Waals surface area contributed by atoms with Gasteiger partial charge in [0.2, 0.25) is 0 Å². The molecule has 0 spiro atoms. The second-order valence-corrected chi connectivity index (χ2v) is 5.36. The zero-order chi connectivity index (χ0) is 13.9. The molecule has 0 saturated heterocycles. The lowest BCUT2D eigenvalue weighted by Gasteiger charge is -2.06. The molecule has 3 rings (SSSR count). The maximum atomic E-state index is 8.98. The number of nitrogen functional groups attached to an aromatic ring is 1. The van der Waals surface area contributed by atoms with Crippen molar-refractivity contribution in [1.29, 1.82) is 5.26 Å². The summed E-state index contributed by atoms with van der Waals surface area (Å²) >= 11 is 1.47. The summed E-state index contributed by atoms with van der Waals surface area (Å²) in [5, 5.41) is 12.0. The van der Waals surface area contributed by atoms with Crippen molar-refractivity contribution in [3.05, 3.63) is 60.3 Å². The van der Waals surface area contributed by atoms with Gasteiger partial charge in [-0.25, -0.2) is 4.98 Å². The first-order chi connectivity index (χ1) is 9.78. The van der Waals surface area contributed by atoms with Crippen LogP contribution in [0, 0.1) is 11.3 Å². The van der Waals surface area contributed by atoms with Gasteiger partial charge in [0, 0.05) is 11.1 Å². The zero-order valence-corrected chi connectivity index (χ0v) is 11.4. The lowest BCUT2D eigenvalue weighted by atomic mass is 10.1. The Hall–Kier alpha value is -2.51. The maximum absolute atomic E-state index is 8.98. The van der Waals surface area contributed by atoms with E-state index in [0.717, 1.165) is 4.90 Å². The highest BCUT2D eigenvalue weighted by atomic mass is 32.2. The number of hydrogen-bond acceptors (Lipinski definition) is 4. The molecule has 2 aromatic carbocycles. The SMILES string of the molecule is N#Cc1ccnc(Sc2ccc3ccccc3c2)c1N. The molecule has 0 radical (unpaired) electrons. The molecule has 0 unspecified atom stereocenters. The van der Waals surface area contributed by atoms with Crippen molar-refractivity contribution in [3.63, 3.8) is 0 Å². The first kappa shape index (κ1) is 12.5. The Bertz CT molecular complexity index is 821. The third-order valence-electron chi connectivity index (χ3n) is 3.01. The third kappa shape index (κ3) is 2.31. The van der Waals surface area contributed by atoms with Crippen molar-refractivity contribution in [2.45, 2.75) is 9.92 Å². The Balaban J connectivity index is 1.99. The summed E-state index contributed by atoms with van der Waals surface area (Å²) in [5.41, 5.74) is 6.85. The first-order valence-corrected chi connectivity index (χ1v) is 6.91. The number of nitrogens with two attached hydrogens (primary N) is 1. The predicted octanol–water partition coefficient (Wildman–Crippen LogP) is 3.84. The number of aromatic nitrogens is 1. The first-order valence-electron chi connectivity index (χ1n) is 6.09. The van der Waals surface area contributed by atoms with E-state index in [4.69, 9.17) is 11.0 Å². The van der Waals surface area contributed by atoms with Crippen molar-refractivity contribution in [1.82, 2.24) is 4.98 Å². The van der Waals surface area contributed by atoms with Gasteiger partial charge in [0.15, 0.2) is 0 Å². The average molecular weight is 277 g/mol. The molecule has 0 fully saturated rings. The van der Waals surface area contributed by atoms with Gasteiger partial charge in [0.05, 0.1) is 11.3 Å². The second-order valence-electron chi connectivity index (χ2n) is 4.30. The van der Waals surface area contributed by atoms with Crippen molar-refractivity contribution in [2.75, 3.05) is 5.73 Å². The molecule has 0 amide bonds. The van der Waals surface area contributed by atoms with Crippen LogP contribution in [0.25, 0.3) is 10.8 Å². The summed E-state index contributed by atoms with van der Waals surface area (Å²) in [6, 6.07) is 18.1. The second kappa shape index (κ2) is 5.24. The molecular weight excluding hydrogens is 266 g/mol. The van der Waals surface area contributed by atoms with Gasteiger partial charge in [0.1, 0.15) is 11.1 Å². The topological polar surface area (TPSA) is 62.7 Å². The molecule has 96 valence electrons. The fourth-order valence-corrected chi connectivity index (χ4v) is 2.85. The van der Waals surface area contributed by atoms with E-state index in [1.54, 1.807) is 12.3 Å². The minimum atomic E-state index is 0.438. The number of anilines is 1. The number of benzene rings is 2. The smallest absolute Gasteiger partial charge is 0.125 e. The number of nitrogens with zero attached hydrogens (tertiary/aromatic N) is 2. The van der Waals surface area contributed by atoms with Gasteiger partial charge in [-0.15, -0.1) is 0 Å². The van der Waals surface area contributed by atoms with E-state index in [2.05, 4.69) is 35.3 Å². The highest BCUT2D eigenvalue weighted by Crippen LogP contribution is 2.33. The maximum Gasteiger partial charge on any atom is 0.125 e. The Labute approximate surface area is 121 Å². The molecule has 2 N–H and O–H groups in total. The molecule has 0 aliphatic heterocycles. The lowest BCUT2D eigenvalue weighted by molar-refractivity contribution is 1.13. The van der Waals surface area contributed by atoms with E-state index in [1.165, 1.54) is 22.5 Å². The normalized spacial score (nSPS) is 10.3. The van der Waals surface area contributed by atoms with Crippen LogP contribution < -0.4 is 5.73 Å². The van der Waals surface area contributed by atoms with Crippen LogP contribution in [-0.2, 0) is 0 Å². The van der Waals surface area contributed by atoms with Crippen LogP contribution in [0.2, 0.25) is 0 Å². The third-order valence-corrected chi connectivity index (χ3v) is 4.02. The molecule has 0 aliphatic carbocycles. The lowest BCUT2D eigenvalue weighted by Crippen LogP contribution is -1.95. The summed E-state index contributed by atoms with van der Waals surface area (Å²) < 4.78 is 0. The van der Waals surface area contributed by atoms with E-state index in [9.17, 15) is 0 Å². The highest BCUT2D eigenvalue weighted by Gasteiger charge is 2.08. The zero-order valence-electron chi connectivity index (χ0n) is 10.6. The van der Waals surface area contributed by atoms with Crippen molar-refractivity contribution >= 4 is 28.2 Å². The quantitative estimate of drug-likeness (QED) is 0.773. The number of fused-ring (bicyclic) bond motifs is 1. The Morgan fingerprint density at radius 3 is 2.65 bits per heavy atom. The largest absolute Gasteiger partial charge is 0.395 e. The van der Waals surface area contributed by atoms with E-state index in [1.807, 2.05) is 18.2 Å². The van der Waals surface area contributed by atoms with E-state index < -0.39 is 0 Å². The molecule has 20 heavy (non-hydrogen) atoms. The summed E-state index contributed by atoms with van der Waals surface area (Å²) in [7, 11) is 0. The van der Waals surface area contributed by atoms with Crippen LogP contribution >= 0.6 is 11.8 Å². The molecular formula is C16H11N3S. The van der Waals surface area contributed by atoms with Crippen LogP contribution in [0.1, 0.15) is 5.56 Å². The molecule has 0 saturated carbocycles. The van der Waals surface area contributed by atoms with Crippen LogP contribution in [-0.4, -0.2) is 4.98 Å². The minimum absolute atomic E-state index is 0.438. The summed E-state index contributed by atoms with van der Waals surface area (Å²) in [4.78, 5) is 5.30. The van der Waals surface area contributed by atoms with Gasteiger partial charge in [-0.2, -0.15) is 5.26 Å². The molecule has 1 heterocycles. The monoisotopic (exact) mass is 277 g/mol. The van der Waals surface area contributed by atoms with Crippen molar-refractivity contribution in [2.24, 2.45) is 0 Å². The number of nitriles is 1. The van der Waals surface area contributed by atoms with E-state index in [0.29, 0.717) is 16.3 Å². The Morgan fingerprint density at radius 1 is 1.05 bits per heavy atom. The van der Waals surface area contributed by atoms with Crippen LogP contribution in [0.5, 0.6) is 0 Å². The Kier molecular flexibility index (Phi) is 3.28. The number of rotatable bonds is 2. The molecule has 1 aromatic heterocycles. The fourth-order valence-electron chi connectivity index (χ4n) is 1.98. The van der Waals surface area contributed by atoms with Gasteiger partial charge in [0.25, 0.3) is 0 Å². The fraction of sp³-hybridized carbons (Fsp3) is 0. The number of hydrogen-bond donors (Lipinski definition) is 1. The van der Waals surface area contributed by atoms with E-state index in [-0.39, 0.29) is 0 Å². The molecule has 3 aromatic rings. The van der Waals surface area contributed by atoms with Crippen LogP contribution in [0.3, 0.4) is 0 Å². The van der Waals surface area contributed by atoms with Gasteiger partial charge in [-0.3, -0.25) is 0 Å². The molecule has 4 heteroatoms.